The van der Waals surface area contributed by atoms with E-state index in [2.05, 4.69) is 5.32 Å². The smallest absolute Gasteiger partial charge is 0.540 e. The van der Waals surface area contributed by atoms with Gasteiger partial charge in [0.15, 0.2) is 0 Å². The molecule has 1 unspecified atom stereocenters. The second-order valence-electron chi connectivity index (χ2n) is 1.48. The van der Waals surface area contributed by atoms with Gasteiger partial charge in [0.25, 0.3) is 0 Å². The van der Waals surface area contributed by atoms with Crippen LogP contribution >= 0.6 is 0 Å². The van der Waals surface area contributed by atoms with E-state index in [0.717, 1.165) is 6.42 Å². The predicted molar refractivity (Wildman–Crippen MR) is 26.4 cm³/mol. The summed E-state index contributed by atoms with van der Waals surface area (Å²) in [6, 6.07) is -0.0694. The van der Waals surface area contributed by atoms with Gasteiger partial charge in [-0.25, -0.2) is 6.29 Å². The normalized spacial score (nSPS) is 23.8. The minimum absolute atomic E-state index is 0. The molecule has 1 aliphatic rings. The number of hydrogen-bond donors (Lipinski definition) is 1. The summed E-state index contributed by atoms with van der Waals surface area (Å²) in [5.74, 6) is 0. The van der Waals surface area contributed by atoms with Gasteiger partial charge in [-0.2, -0.15) is 0 Å². The SMILES string of the molecule is O=[C-]C1CC=CN1.[Y+3]. The van der Waals surface area contributed by atoms with Gasteiger partial charge < -0.3 is 10.1 Å². The van der Waals surface area contributed by atoms with E-state index in [1.165, 1.54) is 0 Å². The molecule has 38 valence electrons. The molecule has 2 nitrogen and oxygen atoms in total. The third-order valence-electron chi connectivity index (χ3n) is 0.929. The molecule has 1 aliphatic heterocycles. The maximum Gasteiger partial charge on any atom is 3.00 e. The second kappa shape index (κ2) is 4.22. The Morgan fingerprint density at radius 1 is 1.75 bits per heavy atom. The van der Waals surface area contributed by atoms with E-state index < -0.39 is 0 Å². The fourth-order valence-electron chi connectivity index (χ4n) is 0.538. The van der Waals surface area contributed by atoms with E-state index in [-0.39, 0.29) is 38.8 Å². The van der Waals surface area contributed by atoms with Crippen molar-refractivity contribution in [2.75, 3.05) is 0 Å². The standard InChI is InChI=1S/C5H6NO.Y/c7-4-5-2-1-3-6-5;/h1,3,5-6H,2H2;/q-1;+3. The topological polar surface area (TPSA) is 29.1 Å². The van der Waals surface area contributed by atoms with Gasteiger partial charge in [-0.3, -0.25) is 0 Å². The molecule has 3 heteroatoms. The summed E-state index contributed by atoms with van der Waals surface area (Å²) in [4.78, 5) is 9.78. The van der Waals surface area contributed by atoms with Gasteiger partial charge in [0.1, 0.15) is 0 Å². The molecule has 0 amide bonds. The average Bonchev–Trinajstić information content (AvgIpc) is 2.14. The number of hydrogen-bond acceptors (Lipinski definition) is 2. The summed E-state index contributed by atoms with van der Waals surface area (Å²) in [7, 11) is 0. The zero-order valence-electron chi connectivity index (χ0n) is 4.42. The first-order valence-electron chi connectivity index (χ1n) is 2.22. The van der Waals surface area contributed by atoms with E-state index in [0.29, 0.717) is 0 Å². The van der Waals surface area contributed by atoms with E-state index in [1.54, 1.807) is 6.20 Å². The summed E-state index contributed by atoms with van der Waals surface area (Å²) >= 11 is 0. The minimum Gasteiger partial charge on any atom is -0.540 e. The van der Waals surface area contributed by atoms with E-state index in [1.807, 2.05) is 12.4 Å². The summed E-state index contributed by atoms with van der Waals surface area (Å²) < 4.78 is 0. The monoisotopic (exact) mass is 185 g/mol. The summed E-state index contributed by atoms with van der Waals surface area (Å²) in [6.45, 7) is 0. The van der Waals surface area contributed by atoms with Crippen molar-refractivity contribution in [1.82, 2.24) is 5.32 Å². The van der Waals surface area contributed by atoms with Crippen LogP contribution in [-0.4, -0.2) is 12.3 Å². The molecule has 0 aromatic heterocycles. The summed E-state index contributed by atoms with van der Waals surface area (Å²) in [5, 5.41) is 2.80. The first-order valence-corrected chi connectivity index (χ1v) is 2.22. The van der Waals surface area contributed by atoms with Gasteiger partial charge >= 0.3 is 32.7 Å². The fraction of sp³-hybridized carbons (Fsp3) is 0.400. The van der Waals surface area contributed by atoms with Crippen molar-refractivity contribution in [3.63, 3.8) is 0 Å². The molecule has 0 aromatic carbocycles. The molecule has 0 aromatic rings. The van der Waals surface area contributed by atoms with Crippen LogP contribution in [0.3, 0.4) is 0 Å². The maximum atomic E-state index is 9.78. The largest absolute Gasteiger partial charge is 3.00 e. The Bertz CT molecular complexity index is 94.6. The minimum atomic E-state index is -0.0694. The van der Waals surface area contributed by atoms with Crippen LogP contribution in [0.2, 0.25) is 0 Å². The molecule has 8 heavy (non-hydrogen) atoms. The molecule has 0 saturated carbocycles. The third-order valence-corrected chi connectivity index (χ3v) is 0.929. The second-order valence-corrected chi connectivity index (χ2v) is 1.48. The molecule has 0 aliphatic carbocycles. The Morgan fingerprint density at radius 3 is 2.75 bits per heavy atom. The van der Waals surface area contributed by atoms with E-state index >= 15 is 0 Å². The Hall–Kier alpha value is 0.314. The Kier molecular flexibility index (Phi) is 4.38. The van der Waals surface area contributed by atoms with Crippen molar-refractivity contribution < 1.29 is 37.5 Å². The van der Waals surface area contributed by atoms with Crippen LogP contribution < -0.4 is 5.32 Å². The molecule has 1 rings (SSSR count). The van der Waals surface area contributed by atoms with E-state index in [4.69, 9.17) is 0 Å². The molecule has 0 bridgehead atoms. The van der Waals surface area contributed by atoms with Crippen LogP contribution in [-0.2, 0) is 37.5 Å². The van der Waals surface area contributed by atoms with Crippen LogP contribution in [0.4, 0.5) is 0 Å². The molecule has 0 fully saturated rings. The van der Waals surface area contributed by atoms with Crippen molar-refractivity contribution in [2.24, 2.45) is 0 Å². The quantitative estimate of drug-likeness (QED) is 0.581. The van der Waals surface area contributed by atoms with Crippen LogP contribution in [0.25, 0.3) is 0 Å². The van der Waals surface area contributed by atoms with E-state index in [9.17, 15) is 4.79 Å². The molecular formula is C5H6NOY+2. The van der Waals surface area contributed by atoms with Crippen molar-refractivity contribution in [3.8, 4) is 0 Å². The molecule has 1 N–H and O–H groups in total. The zero-order chi connectivity index (χ0) is 5.11. The number of rotatable bonds is 1. The zero-order valence-corrected chi connectivity index (χ0v) is 7.26. The molecular weight excluding hydrogens is 179 g/mol. The average molecular weight is 185 g/mol. The first-order chi connectivity index (χ1) is 3.43. The van der Waals surface area contributed by atoms with Gasteiger partial charge in [-0.05, 0) is 12.6 Å². The molecule has 0 saturated heterocycles. The number of nitrogens with one attached hydrogen (secondary N) is 1. The number of carbonyl (C=O) groups excluding carboxylic acids is 1. The van der Waals surface area contributed by atoms with Crippen LogP contribution in [0, 0.1) is 0 Å². The van der Waals surface area contributed by atoms with Gasteiger partial charge in [0, 0.05) is 0 Å². The van der Waals surface area contributed by atoms with Gasteiger partial charge in [-0.1, -0.05) is 12.1 Å². The van der Waals surface area contributed by atoms with Crippen molar-refractivity contribution in [2.45, 2.75) is 12.5 Å². The van der Waals surface area contributed by atoms with Crippen LogP contribution in [0.1, 0.15) is 6.42 Å². The molecule has 0 spiro atoms. The van der Waals surface area contributed by atoms with Crippen LogP contribution in [0.5, 0.6) is 0 Å². The molecule has 0 radical (unpaired) electrons. The fourth-order valence-corrected chi connectivity index (χ4v) is 0.538. The Balaban J connectivity index is 0.000000490. The third kappa shape index (κ3) is 2.06. The predicted octanol–water partition coefficient (Wildman–Crippen LogP) is -0.0308. The molecule has 1 heterocycles. The summed E-state index contributed by atoms with van der Waals surface area (Å²) in [5.41, 5.74) is 0. The van der Waals surface area contributed by atoms with Crippen LogP contribution in [0.15, 0.2) is 12.3 Å². The molecule has 1 atom stereocenters. The summed E-state index contributed by atoms with van der Waals surface area (Å²) in [6.07, 6.45) is 6.32. The van der Waals surface area contributed by atoms with Crippen molar-refractivity contribution >= 4 is 6.29 Å². The Morgan fingerprint density at radius 2 is 2.50 bits per heavy atom. The Labute approximate surface area is 73.6 Å². The van der Waals surface area contributed by atoms with Gasteiger partial charge in [0.2, 0.25) is 0 Å². The first kappa shape index (κ1) is 8.31. The van der Waals surface area contributed by atoms with Gasteiger partial charge in [-0.15, -0.1) is 0 Å². The van der Waals surface area contributed by atoms with Crippen molar-refractivity contribution in [1.29, 1.82) is 0 Å². The van der Waals surface area contributed by atoms with Crippen molar-refractivity contribution in [3.05, 3.63) is 12.3 Å². The maximum absolute atomic E-state index is 9.78. The van der Waals surface area contributed by atoms with Gasteiger partial charge in [0.05, 0.1) is 0 Å².